The number of amides is 2. The monoisotopic (exact) mass is 256 g/mol. The fourth-order valence-corrected chi connectivity index (χ4v) is 2.48. The lowest BCUT2D eigenvalue weighted by Crippen LogP contribution is -2.48. The molecule has 102 valence electrons. The molecular formula is C12H20N2O4. The van der Waals surface area contributed by atoms with Gasteiger partial charge in [0.1, 0.15) is 6.54 Å². The van der Waals surface area contributed by atoms with Crippen LogP contribution in [0, 0.1) is 5.41 Å². The van der Waals surface area contributed by atoms with Crippen molar-refractivity contribution >= 4 is 17.8 Å². The molecule has 6 nitrogen and oxygen atoms in total. The first-order chi connectivity index (χ1) is 8.35. The number of primary amides is 1. The van der Waals surface area contributed by atoms with Gasteiger partial charge >= 0.3 is 5.97 Å². The standard InChI is InChI=1S/C12H20N2O4/c1-12(5-3-2-4-6-12)11(18)14(7-9(13)15)8-10(16)17/h2-8H2,1H3,(H2,13,15)(H,16,17). The lowest BCUT2D eigenvalue weighted by molar-refractivity contribution is -0.151. The highest BCUT2D eigenvalue weighted by Gasteiger charge is 2.38. The number of carbonyl (C=O) groups excluding carboxylic acids is 2. The number of hydrogen-bond acceptors (Lipinski definition) is 3. The van der Waals surface area contributed by atoms with E-state index in [4.69, 9.17) is 10.8 Å². The maximum Gasteiger partial charge on any atom is 0.323 e. The van der Waals surface area contributed by atoms with Gasteiger partial charge in [0.05, 0.1) is 6.54 Å². The molecular weight excluding hydrogens is 236 g/mol. The second kappa shape index (κ2) is 5.84. The average molecular weight is 256 g/mol. The van der Waals surface area contributed by atoms with Crippen LogP contribution in [0.2, 0.25) is 0 Å². The van der Waals surface area contributed by atoms with Crippen LogP contribution in [0.3, 0.4) is 0 Å². The van der Waals surface area contributed by atoms with Gasteiger partial charge in [-0.05, 0) is 12.8 Å². The molecule has 18 heavy (non-hydrogen) atoms. The third-order valence-electron chi connectivity index (χ3n) is 3.43. The lowest BCUT2D eigenvalue weighted by atomic mass is 9.74. The number of carbonyl (C=O) groups is 3. The van der Waals surface area contributed by atoms with Gasteiger partial charge in [-0.1, -0.05) is 26.2 Å². The molecule has 0 atom stereocenters. The van der Waals surface area contributed by atoms with Crippen molar-refractivity contribution in [2.24, 2.45) is 11.1 Å². The second-order valence-corrected chi connectivity index (χ2v) is 5.14. The maximum atomic E-state index is 12.3. The Morgan fingerprint density at radius 3 is 2.17 bits per heavy atom. The molecule has 1 aliphatic carbocycles. The first-order valence-corrected chi connectivity index (χ1v) is 6.14. The maximum absolute atomic E-state index is 12.3. The van der Waals surface area contributed by atoms with Crippen LogP contribution in [-0.4, -0.2) is 40.9 Å². The quantitative estimate of drug-likeness (QED) is 0.741. The zero-order valence-electron chi connectivity index (χ0n) is 10.6. The van der Waals surface area contributed by atoms with Gasteiger partial charge < -0.3 is 15.7 Å². The molecule has 0 unspecified atom stereocenters. The van der Waals surface area contributed by atoms with Crippen molar-refractivity contribution in [3.63, 3.8) is 0 Å². The van der Waals surface area contributed by atoms with Gasteiger partial charge in [-0.25, -0.2) is 0 Å². The van der Waals surface area contributed by atoms with Gasteiger partial charge in [-0.15, -0.1) is 0 Å². The van der Waals surface area contributed by atoms with E-state index in [9.17, 15) is 14.4 Å². The molecule has 0 aromatic heterocycles. The van der Waals surface area contributed by atoms with E-state index in [1.807, 2.05) is 6.92 Å². The summed E-state index contributed by atoms with van der Waals surface area (Å²) < 4.78 is 0. The summed E-state index contributed by atoms with van der Waals surface area (Å²) in [5, 5.41) is 8.78. The van der Waals surface area contributed by atoms with Crippen molar-refractivity contribution in [3.8, 4) is 0 Å². The molecule has 0 radical (unpaired) electrons. The summed E-state index contributed by atoms with van der Waals surface area (Å²) >= 11 is 0. The predicted molar refractivity (Wildman–Crippen MR) is 64.6 cm³/mol. The smallest absolute Gasteiger partial charge is 0.323 e. The summed E-state index contributed by atoms with van der Waals surface area (Å²) in [5.41, 5.74) is 4.50. The van der Waals surface area contributed by atoms with E-state index in [1.54, 1.807) is 0 Å². The minimum Gasteiger partial charge on any atom is -0.480 e. The van der Waals surface area contributed by atoms with E-state index in [0.717, 1.165) is 37.0 Å². The number of carboxylic acid groups (broad SMARTS) is 1. The molecule has 1 aliphatic rings. The van der Waals surface area contributed by atoms with Crippen molar-refractivity contribution in [3.05, 3.63) is 0 Å². The molecule has 0 spiro atoms. The summed E-state index contributed by atoms with van der Waals surface area (Å²) in [4.78, 5) is 35.1. The number of nitrogens with two attached hydrogens (primary N) is 1. The number of aliphatic carboxylic acids is 1. The van der Waals surface area contributed by atoms with E-state index in [-0.39, 0.29) is 12.5 Å². The zero-order valence-corrected chi connectivity index (χ0v) is 10.6. The Kier molecular flexibility index (Phi) is 4.69. The predicted octanol–water partition coefficient (Wildman–Crippen LogP) is 0.355. The molecule has 1 rings (SSSR count). The van der Waals surface area contributed by atoms with Gasteiger partial charge in [0.15, 0.2) is 0 Å². The van der Waals surface area contributed by atoms with E-state index >= 15 is 0 Å². The van der Waals surface area contributed by atoms with Crippen molar-refractivity contribution in [1.29, 1.82) is 0 Å². The minimum absolute atomic E-state index is 0.275. The number of nitrogens with zero attached hydrogens (tertiary/aromatic N) is 1. The topological polar surface area (TPSA) is 101 Å². The van der Waals surface area contributed by atoms with E-state index < -0.39 is 23.8 Å². The summed E-state index contributed by atoms with van der Waals surface area (Å²) in [6, 6.07) is 0. The lowest BCUT2D eigenvalue weighted by Gasteiger charge is -2.36. The van der Waals surface area contributed by atoms with E-state index in [2.05, 4.69) is 0 Å². The highest BCUT2D eigenvalue weighted by Crippen LogP contribution is 2.37. The van der Waals surface area contributed by atoms with Gasteiger partial charge in [0.25, 0.3) is 0 Å². The Bertz CT molecular complexity index is 332. The fraction of sp³-hybridized carbons (Fsp3) is 0.750. The number of carboxylic acids is 1. The molecule has 6 heteroatoms. The third-order valence-corrected chi connectivity index (χ3v) is 3.43. The Morgan fingerprint density at radius 1 is 1.17 bits per heavy atom. The normalized spacial score (nSPS) is 18.1. The van der Waals surface area contributed by atoms with Gasteiger partial charge in [-0.2, -0.15) is 0 Å². The minimum atomic E-state index is -1.14. The first kappa shape index (κ1) is 14.5. The fourth-order valence-electron chi connectivity index (χ4n) is 2.48. The van der Waals surface area contributed by atoms with Crippen LogP contribution in [0.1, 0.15) is 39.0 Å². The van der Waals surface area contributed by atoms with Crippen molar-refractivity contribution in [2.75, 3.05) is 13.1 Å². The Balaban J connectivity index is 2.79. The molecule has 0 aromatic rings. The average Bonchev–Trinajstić information content (AvgIpc) is 2.27. The molecule has 0 aliphatic heterocycles. The summed E-state index contributed by atoms with van der Waals surface area (Å²) in [7, 11) is 0. The second-order valence-electron chi connectivity index (χ2n) is 5.14. The van der Waals surface area contributed by atoms with Crippen LogP contribution in [0.5, 0.6) is 0 Å². The van der Waals surface area contributed by atoms with Gasteiger partial charge in [0.2, 0.25) is 11.8 Å². The highest BCUT2D eigenvalue weighted by atomic mass is 16.4. The molecule has 0 aromatic carbocycles. The molecule has 2 amide bonds. The largest absolute Gasteiger partial charge is 0.480 e. The molecule has 0 saturated heterocycles. The van der Waals surface area contributed by atoms with E-state index in [1.165, 1.54) is 0 Å². The van der Waals surface area contributed by atoms with Crippen molar-refractivity contribution in [1.82, 2.24) is 4.90 Å². The Morgan fingerprint density at radius 2 is 1.72 bits per heavy atom. The Labute approximate surface area is 106 Å². The third kappa shape index (κ3) is 3.72. The summed E-state index contributed by atoms with van der Waals surface area (Å²) in [6.45, 7) is 1.03. The van der Waals surface area contributed by atoms with Crippen LogP contribution in [0.15, 0.2) is 0 Å². The molecule has 1 fully saturated rings. The highest BCUT2D eigenvalue weighted by molar-refractivity contribution is 5.89. The molecule has 3 N–H and O–H groups in total. The van der Waals surface area contributed by atoms with Crippen LogP contribution >= 0.6 is 0 Å². The van der Waals surface area contributed by atoms with Gasteiger partial charge in [-0.3, -0.25) is 14.4 Å². The summed E-state index contributed by atoms with van der Waals surface area (Å²) in [5.74, 6) is -2.10. The molecule has 0 bridgehead atoms. The number of hydrogen-bond donors (Lipinski definition) is 2. The van der Waals surface area contributed by atoms with Gasteiger partial charge in [0, 0.05) is 5.41 Å². The molecule has 0 heterocycles. The van der Waals surface area contributed by atoms with Crippen molar-refractivity contribution in [2.45, 2.75) is 39.0 Å². The van der Waals surface area contributed by atoms with Crippen LogP contribution in [0.25, 0.3) is 0 Å². The molecule has 1 saturated carbocycles. The van der Waals surface area contributed by atoms with Crippen LogP contribution in [0.4, 0.5) is 0 Å². The number of rotatable bonds is 5. The first-order valence-electron chi connectivity index (χ1n) is 6.14. The summed E-state index contributed by atoms with van der Waals surface area (Å²) in [6.07, 6.45) is 4.48. The zero-order chi connectivity index (χ0) is 13.8. The van der Waals surface area contributed by atoms with E-state index in [0.29, 0.717) is 0 Å². The van der Waals surface area contributed by atoms with Crippen molar-refractivity contribution < 1.29 is 19.5 Å². The SMILES string of the molecule is CC1(C(=O)N(CC(N)=O)CC(=O)O)CCCCC1. The van der Waals surface area contributed by atoms with Crippen LogP contribution in [-0.2, 0) is 14.4 Å². The Hall–Kier alpha value is -1.59. The van der Waals surface area contributed by atoms with Crippen LogP contribution < -0.4 is 5.73 Å².